The molecule has 1 aliphatic rings. The van der Waals surface area contributed by atoms with Crippen molar-refractivity contribution in [2.24, 2.45) is 0 Å². The zero-order valence-electron chi connectivity index (χ0n) is 13.1. The van der Waals surface area contributed by atoms with E-state index in [1.54, 1.807) is 13.0 Å². The second kappa shape index (κ2) is 7.66. The van der Waals surface area contributed by atoms with Crippen molar-refractivity contribution in [2.45, 2.75) is 44.2 Å². The van der Waals surface area contributed by atoms with Gasteiger partial charge < -0.3 is 39.7 Å². The predicted octanol–water partition coefficient (Wildman–Crippen LogP) is -0.539. The summed E-state index contributed by atoms with van der Waals surface area (Å²) in [5.74, 6) is -1.29. The highest BCUT2D eigenvalue weighted by Crippen LogP contribution is 2.27. The molecular formula is C15H18O10. The van der Waals surface area contributed by atoms with Crippen LogP contribution in [0, 0.1) is 6.92 Å². The molecule has 1 fully saturated rings. The van der Waals surface area contributed by atoms with Gasteiger partial charge in [0.25, 0.3) is 0 Å². The molecule has 5 atom stereocenters. The Morgan fingerprint density at radius 2 is 1.80 bits per heavy atom. The highest BCUT2D eigenvalue weighted by atomic mass is 16.7. The first-order chi connectivity index (χ1) is 11.7. The lowest BCUT2D eigenvalue weighted by molar-refractivity contribution is -0.271. The number of hydrogen-bond acceptors (Lipinski definition) is 8. The van der Waals surface area contributed by atoms with Gasteiger partial charge in [0, 0.05) is 0 Å². The molecule has 1 heterocycles. The van der Waals surface area contributed by atoms with Gasteiger partial charge in [-0.05, 0) is 30.2 Å². The smallest absolute Gasteiger partial charge is 0.479 e. The molecule has 1 aliphatic heterocycles. The fourth-order valence-electron chi connectivity index (χ4n) is 2.35. The standard InChI is InChI=1S/C15H18O10/c1-6-4-7(5-23-15(21)22)2-3-8(6)24-14-11(18)9(16)10(17)12(25-14)13(19)20/h2-4,9-12,14,16-18H,5H2,1H3,(H,19,20)(H,21,22). The van der Waals surface area contributed by atoms with Crippen LogP contribution in [0.5, 0.6) is 5.75 Å². The first kappa shape index (κ1) is 18.9. The van der Waals surface area contributed by atoms with Crippen LogP contribution in [0.15, 0.2) is 18.2 Å². The van der Waals surface area contributed by atoms with Crippen LogP contribution in [-0.4, -0.2) is 68.4 Å². The van der Waals surface area contributed by atoms with E-state index in [1.807, 2.05) is 0 Å². The Balaban J connectivity index is 2.12. The Labute approximate surface area is 141 Å². The molecule has 0 radical (unpaired) electrons. The fourth-order valence-corrected chi connectivity index (χ4v) is 2.35. The van der Waals surface area contributed by atoms with Crippen LogP contribution in [0.4, 0.5) is 4.79 Å². The van der Waals surface area contributed by atoms with E-state index < -0.39 is 42.8 Å². The molecule has 0 aliphatic carbocycles. The Morgan fingerprint density at radius 1 is 1.12 bits per heavy atom. The molecule has 0 spiro atoms. The maximum absolute atomic E-state index is 11.1. The van der Waals surface area contributed by atoms with Gasteiger partial charge in [-0.15, -0.1) is 0 Å². The molecule has 0 amide bonds. The molecule has 138 valence electrons. The molecule has 10 heteroatoms. The number of carboxylic acid groups (broad SMARTS) is 2. The molecule has 5 unspecified atom stereocenters. The Kier molecular flexibility index (Phi) is 5.80. The van der Waals surface area contributed by atoms with Gasteiger partial charge >= 0.3 is 12.1 Å². The molecule has 2 rings (SSSR count). The Bertz CT molecular complexity index is 645. The number of carbonyl (C=O) groups is 2. The zero-order valence-corrected chi connectivity index (χ0v) is 13.1. The van der Waals surface area contributed by atoms with Crippen molar-refractivity contribution >= 4 is 12.1 Å². The van der Waals surface area contributed by atoms with Crippen LogP contribution >= 0.6 is 0 Å². The van der Waals surface area contributed by atoms with E-state index in [4.69, 9.17) is 19.7 Å². The number of ether oxygens (including phenoxy) is 3. The lowest BCUT2D eigenvalue weighted by Gasteiger charge is -2.38. The summed E-state index contributed by atoms with van der Waals surface area (Å²) in [5.41, 5.74) is 1.09. The SMILES string of the molecule is Cc1cc(COC(=O)O)ccc1OC1OC(C(=O)O)C(O)C(O)C1O. The number of aryl methyl sites for hydroxylation is 1. The second-order valence-corrected chi connectivity index (χ2v) is 5.51. The van der Waals surface area contributed by atoms with Crippen molar-refractivity contribution < 1.29 is 49.3 Å². The van der Waals surface area contributed by atoms with Crippen LogP contribution in [0.2, 0.25) is 0 Å². The van der Waals surface area contributed by atoms with Crippen molar-refractivity contribution in [2.75, 3.05) is 0 Å². The molecule has 10 nitrogen and oxygen atoms in total. The molecule has 1 aromatic rings. The van der Waals surface area contributed by atoms with Gasteiger partial charge in [-0.3, -0.25) is 0 Å². The molecule has 0 bridgehead atoms. The normalized spacial score (nSPS) is 29.0. The van der Waals surface area contributed by atoms with Crippen LogP contribution in [0.25, 0.3) is 0 Å². The van der Waals surface area contributed by atoms with E-state index in [1.165, 1.54) is 12.1 Å². The van der Waals surface area contributed by atoms with Crippen LogP contribution in [-0.2, 0) is 20.9 Å². The van der Waals surface area contributed by atoms with E-state index >= 15 is 0 Å². The average molecular weight is 358 g/mol. The van der Waals surface area contributed by atoms with Crippen molar-refractivity contribution in [3.05, 3.63) is 29.3 Å². The third kappa shape index (κ3) is 4.37. The monoisotopic (exact) mass is 358 g/mol. The summed E-state index contributed by atoms with van der Waals surface area (Å²) in [5, 5.41) is 46.8. The van der Waals surface area contributed by atoms with Gasteiger partial charge in [0.2, 0.25) is 6.29 Å². The lowest BCUT2D eigenvalue weighted by Crippen LogP contribution is -2.61. The minimum atomic E-state index is -1.80. The largest absolute Gasteiger partial charge is 0.506 e. The minimum Gasteiger partial charge on any atom is -0.479 e. The highest BCUT2D eigenvalue weighted by molar-refractivity contribution is 5.73. The van der Waals surface area contributed by atoms with E-state index in [0.717, 1.165) is 0 Å². The minimum absolute atomic E-state index is 0.162. The molecule has 0 aromatic heterocycles. The molecule has 1 aromatic carbocycles. The van der Waals surface area contributed by atoms with Crippen LogP contribution in [0.3, 0.4) is 0 Å². The van der Waals surface area contributed by atoms with Crippen LogP contribution < -0.4 is 4.74 Å². The summed E-state index contributed by atoms with van der Waals surface area (Å²) < 4.78 is 14.9. The van der Waals surface area contributed by atoms with Crippen molar-refractivity contribution in [3.63, 3.8) is 0 Å². The number of benzene rings is 1. The quantitative estimate of drug-likeness (QED) is 0.432. The number of rotatable bonds is 5. The maximum atomic E-state index is 11.1. The molecule has 1 saturated heterocycles. The van der Waals surface area contributed by atoms with E-state index in [2.05, 4.69) is 4.74 Å². The van der Waals surface area contributed by atoms with E-state index in [-0.39, 0.29) is 12.4 Å². The van der Waals surface area contributed by atoms with Gasteiger partial charge in [-0.1, -0.05) is 6.07 Å². The Hall–Kier alpha value is -2.40. The number of carboxylic acids is 1. The summed E-state index contributed by atoms with van der Waals surface area (Å²) in [6.07, 6.45) is -9.91. The van der Waals surface area contributed by atoms with Gasteiger partial charge in [0.1, 0.15) is 30.7 Å². The highest BCUT2D eigenvalue weighted by Gasteiger charge is 2.48. The van der Waals surface area contributed by atoms with Crippen LogP contribution in [0.1, 0.15) is 11.1 Å². The van der Waals surface area contributed by atoms with E-state index in [0.29, 0.717) is 11.1 Å². The first-order valence-electron chi connectivity index (χ1n) is 7.25. The van der Waals surface area contributed by atoms with Crippen molar-refractivity contribution in [1.82, 2.24) is 0 Å². The van der Waals surface area contributed by atoms with Gasteiger partial charge in [-0.25, -0.2) is 9.59 Å². The van der Waals surface area contributed by atoms with Gasteiger partial charge in [0.05, 0.1) is 0 Å². The summed E-state index contributed by atoms with van der Waals surface area (Å²) >= 11 is 0. The van der Waals surface area contributed by atoms with Crippen molar-refractivity contribution in [1.29, 1.82) is 0 Å². The van der Waals surface area contributed by atoms with Gasteiger partial charge in [-0.2, -0.15) is 0 Å². The summed E-state index contributed by atoms with van der Waals surface area (Å²) in [4.78, 5) is 21.4. The fraction of sp³-hybridized carbons (Fsp3) is 0.467. The third-order valence-electron chi connectivity index (χ3n) is 3.66. The molecule has 25 heavy (non-hydrogen) atoms. The summed E-state index contributed by atoms with van der Waals surface area (Å²) in [6, 6.07) is 4.55. The lowest BCUT2D eigenvalue weighted by atomic mass is 9.99. The summed E-state index contributed by atoms with van der Waals surface area (Å²) in [6.45, 7) is 1.47. The van der Waals surface area contributed by atoms with Gasteiger partial charge in [0.15, 0.2) is 6.10 Å². The summed E-state index contributed by atoms with van der Waals surface area (Å²) in [7, 11) is 0. The molecule has 0 saturated carbocycles. The number of aliphatic hydroxyl groups excluding tert-OH is 3. The number of hydrogen-bond donors (Lipinski definition) is 5. The topological polar surface area (TPSA) is 163 Å². The molecule has 5 N–H and O–H groups in total. The predicted molar refractivity (Wildman–Crippen MR) is 78.9 cm³/mol. The average Bonchev–Trinajstić information content (AvgIpc) is 2.54. The maximum Gasteiger partial charge on any atom is 0.506 e. The molecular weight excluding hydrogens is 340 g/mol. The van der Waals surface area contributed by atoms with Crippen molar-refractivity contribution in [3.8, 4) is 5.75 Å². The number of aliphatic hydroxyl groups is 3. The van der Waals surface area contributed by atoms with E-state index in [9.17, 15) is 24.9 Å². The second-order valence-electron chi connectivity index (χ2n) is 5.51. The first-order valence-corrected chi connectivity index (χ1v) is 7.25. The Morgan fingerprint density at radius 3 is 2.36 bits per heavy atom. The zero-order chi connectivity index (χ0) is 18.7. The number of aliphatic carboxylic acids is 1. The third-order valence-corrected chi connectivity index (χ3v) is 3.66.